The third-order valence-electron chi connectivity index (χ3n) is 1.11. The molecule has 0 spiro atoms. The summed E-state index contributed by atoms with van der Waals surface area (Å²) in [4.78, 5) is 10.7. The molecule has 0 bridgehead atoms. The monoisotopic (exact) mass is 170 g/mol. The maximum atomic E-state index is 10.7. The molecule has 1 unspecified atom stereocenters. The van der Waals surface area contributed by atoms with Crippen LogP contribution in [0.1, 0.15) is 28.1 Å². The summed E-state index contributed by atoms with van der Waals surface area (Å²) in [6.45, 7) is 4.04. The molecule has 0 heterocycles. The zero-order valence-corrected chi connectivity index (χ0v) is 9.46. The van der Waals surface area contributed by atoms with Crippen LogP contribution in [0.4, 0.5) is 0 Å². The van der Waals surface area contributed by atoms with Gasteiger partial charge in [0.25, 0.3) is 0 Å². The van der Waals surface area contributed by atoms with Gasteiger partial charge in [0.2, 0.25) is 0 Å². The number of esters is 1. The van der Waals surface area contributed by atoms with Gasteiger partial charge in [-0.1, -0.05) is 13.8 Å². The van der Waals surface area contributed by atoms with Gasteiger partial charge in [0.05, 0.1) is 6.61 Å². The average molecular weight is 170 g/mol. The zero-order valence-electron chi connectivity index (χ0n) is 8.46. The third-order valence-corrected chi connectivity index (χ3v) is 1.11. The van der Waals surface area contributed by atoms with E-state index in [4.69, 9.17) is 5.11 Å². The first kappa shape index (κ1) is 14.0. The van der Waals surface area contributed by atoms with Crippen LogP contribution in [0, 0.1) is 0 Å². The van der Waals surface area contributed by atoms with Crippen LogP contribution < -0.4 is 29.6 Å². The van der Waals surface area contributed by atoms with E-state index in [1.54, 1.807) is 6.92 Å². The van der Waals surface area contributed by atoms with Crippen molar-refractivity contribution in [3.8, 4) is 0 Å². The molecular weight excluding hydrogens is 155 g/mol. The molecule has 0 aliphatic rings. The van der Waals surface area contributed by atoms with E-state index in [1.165, 1.54) is 0 Å². The number of aliphatic hydroxyl groups excluding tert-OH is 1. The number of ether oxygens (including phenoxy) is 1. The smallest absolute Gasteiger partial charge is 1.00 e. The number of rotatable bonds is 4. The molecule has 0 amide bonds. The number of hydrogen-bond donors (Lipinski definition) is 1. The van der Waals surface area contributed by atoms with Gasteiger partial charge >= 0.3 is 35.5 Å². The van der Waals surface area contributed by atoms with Crippen molar-refractivity contribution in [1.29, 1.82) is 0 Å². The topological polar surface area (TPSA) is 46.5 Å². The SMILES string of the molecule is CCCOC(=O)C(O)CC.[H-].[Na+]. The first-order valence-corrected chi connectivity index (χ1v) is 3.57. The van der Waals surface area contributed by atoms with Gasteiger partial charge in [-0.2, -0.15) is 0 Å². The molecule has 0 aromatic rings. The van der Waals surface area contributed by atoms with Gasteiger partial charge in [0.1, 0.15) is 0 Å². The normalized spacial score (nSPS) is 11.5. The van der Waals surface area contributed by atoms with Crippen molar-refractivity contribution < 1.29 is 45.6 Å². The molecule has 0 radical (unpaired) electrons. The summed E-state index contributed by atoms with van der Waals surface area (Å²) in [5, 5.41) is 8.88. The molecule has 0 aromatic heterocycles. The van der Waals surface area contributed by atoms with Crippen LogP contribution in [-0.4, -0.2) is 23.8 Å². The van der Waals surface area contributed by atoms with Crippen LogP contribution in [0.25, 0.3) is 0 Å². The standard InChI is InChI=1S/C7H14O3.Na.H/c1-3-5-10-7(9)6(8)4-2;;/h6,8H,3-5H2,1-2H3;;/q;+1;-1. The molecule has 1 atom stereocenters. The minimum absolute atomic E-state index is 0. The van der Waals surface area contributed by atoms with Crippen LogP contribution in [0.3, 0.4) is 0 Å². The second-order valence-electron chi connectivity index (χ2n) is 2.09. The maximum Gasteiger partial charge on any atom is 1.00 e. The second kappa shape index (κ2) is 8.53. The summed E-state index contributed by atoms with van der Waals surface area (Å²) < 4.78 is 4.65. The molecule has 62 valence electrons. The number of aliphatic hydroxyl groups is 1. The molecule has 0 rings (SSSR count). The van der Waals surface area contributed by atoms with Gasteiger partial charge < -0.3 is 11.3 Å². The predicted octanol–water partition coefficient (Wildman–Crippen LogP) is -2.17. The first-order valence-electron chi connectivity index (χ1n) is 3.57. The Balaban J connectivity index is -0.000000405. The van der Waals surface area contributed by atoms with Gasteiger partial charge in [0, 0.05) is 0 Å². The Bertz CT molecular complexity index is 111. The van der Waals surface area contributed by atoms with Crippen molar-refractivity contribution in [2.45, 2.75) is 32.8 Å². The van der Waals surface area contributed by atoms with E-state index in [-0.39, 0.29) is 31.0 Å². The average Bonchev–Trinajstić information content (AvgIpc) is 1.98. The summed E-state index contributed by atoms with van der Waals surface area (Å²) >= 11 is 0. The van der Waals surface area contributed by atoms with Crippen LogP contribution in [0.2, 0.25) is 0 Å². The Hall–Kier alpha value is 0.430. The van der Waals surface area contributed by atoms with E-state index in [0.717, 1.165) is 6.42 Å². The summed E-state index contributed by atoms with van der Waals surface area (Å²) in [7, 11) is 0. The molecule has 4 heteroatoms. The van der Waals surface area contributed by atoms with Gasteiger partial charge in [-0.15, -0.1) is 0 Å². The van der Waals surface area contributed by atoms with E-state index in [9.17, 15) is 4.79 Å². The fourth-order valence-electron chi connectivity index (χ4n) is 0.466. The Morgan fingerprint density at radius 3 is 2.55 bits per heavy atom. The molecule has 1 N–H and O–H groups in total. The van der Waals surface area contributed by atoms with Crippen LogP contribution >= 0.6 is 0 Å². The number of hydrogen-bond acceptors (Lipinski definition) is 3. The fourth-order valence-corrected chi connectivity index (χ4v) is 0.466. The van der Waals surface area contributed by atoms with Gasteiger partial charge in [0.15, 0.2) is 6.10 Å². The number of carbonyl (C=O) groups is 1. The molecule has 0 aromatic carbocycles. The Kier molecular flexibility index (Phi) is 10.8. The van der Waals surface area contributed by atoms with E-state index in [1.807, 2.05) is 6.92 Å². The third kappa shape index (κ3) is 6.81. The molecule has 0 fully saturated rings. The van der Waals surface area contributed by atoms with E-state index in [2.05, 4.69) is 4.74 Å². The summed E-state index contributed by atoms with van der Waals surface area (Å²) in [6.07, 6.45) is 0.275. The van der Waals surface area contributed by atoms with Crippen LogP contribution in [-0.2, 0) is 9.53 Å². The van der Waals surface area contributed by atoms with Crippen molar-refractivity contribution in [2.75, 3.05) is 6.61 Å². The van der Waals surface area contributed by atoms with E-state index >= 15 is 0 Å². The molecule has 11 heavy (non-hydrogen) atoms. The van der Waals surface area contributed by atoms with E-state index < -0.39 is 12.1 Å². The summed E-state index contributed by atoms with van der Waals surface area (Å²) in [6, 6.07) is 0. The van der Waals surface area contributed by atoms with Crippen molar-refractivity contribution >= 4 is 5.97 Å². The molecule has 0 aliphatic heterocycles. The molecular formula is C7H15NaO3. The van der Waals surface area contributed by atoms with Crippen LogP contribution in [0.15, 0.2) is 0 Å². The van der Waals surface area contributed by atoms with Crippen LogP contribution in [0.5, 0.6) is 0 Å². The predicted molar refractivity (Wildman–Crippen MR) is 38.7 cm³/mol. The second-order valence-corrected chi connectivity index (χ2v) is 2.09. The fraction of sp³-hybridized carbons (Fsp3) is 0.857. The van der Waals surface area contributed by atoms with Crippen molar-refractivity contribution in [3.63, 3.8) is 0 Å². The molecule has 0 aliphatic carbocycles. The van der Waals surface area contributed by atoms with Gasteiger partial charge in [-0.3, -0.25) is 0 Å². The van der Waals surface area contributed by atoms with Gasteiger partial charge in [-0.25, -0.2) is 4.79 Å². The molecule has 0 saturated carbocycles. The minimum atomic E-state index is -0.938. The maximum absolute atomic E-state index is 10.7. The van der Waals surface area contributed by atoms with Crippen molar-refractivity contribution in [2.24, 2.45) is 0 Å². The largest absolute Gasteiger partial charge is 1.00 e. The molecule has 0 saturated heterocycles. The summed E-state index contributed by atoms with van der Waals surface area (Å²) in [5.41, 5.74) is 0. The quantitative estimate of drug-likeness (QED) is 0.386. The Labute approximate surface area is 90.9 Å². The van der Waals surface area contributed by atoms with Crippen molar-refractivity contribution in [1.82, 2.24) is 0 Å². The van der Waals surface area contributed by atoms with Crippen molar-refractivity contribution in [3.05, 3.63) is 0 Å². The van der Waals surface area contributed by atoms with E-state index in [0.29, 0.717) is 13.0 Å². The molecule has 3 nitrogen and oxygen atoms in total. The minimum Gasteiger partial charge on any atom is -1.00 e. The van der Waals surface area contributed by atoms with Gasteiger partial charge in [-0.05, 0) is 12.8 Å². The summed E-state index contributed by atoms with van der Waals surface area (Å²) in [5.74, 6) is -0.510. The first-order chi connectivity index (χ1) is 4.72. The Morgan fingerprint density at radius 1 is 1.64 bits per heavy atom. The Morgan fingerprint density at radius 2 is 2.18 bits per heavy atom. The zero-order chi connectivity index (χ0) is 7.98. The number of carbonyl (C=O) groups excluding carboxylic acids is 1.